The van der Waals surface area contributed by atoms with Crippen LogP contribution in [-0.2, 0) is 4.79 Å². The van der Waals surface area contributed by atoms with Crippen molar-refractivity contribution in [1.29, 1.82) is 0 Å². The minimum Gasteiger partial charge on any atom is -0.382 e. The Balaban J connectivity index is 5.06. The summed E-state index contributed by atoms with van der Waals surface area (Å²) in [5.41, 5.74) is 13.2. The van der Waals surface area contributed by atoms with E-state index in [2.05, 4.69) is 0 Å². The second-order valence-electron chi connectivity index (χ2n) is 3.06. The van der Waals surface area contributed by atoms with Crippen molar-refractivity contribution in [2.45, 2.75) is 23.4 Å². The zero-order valence-electron chi connectivity index (χ0n) is 7.16. The molecule has 3 unspecified atom stereocenters. The van der Waals surface area contributed by atoms with E-state index in [4.69, 9.17) is 38.3 Å². The Morgan fingerprint density at radius 2 is 1.43 bits per heavy atom. The van der Waals surface area contributed by atoms with E-state index in [1.54, 1.807) is 0 Å². The van der Waals surface area contributed by atoms with Gasteiger partial charge in [0, 0.05) is 0 Å². The highest BCUT2D eigenvalue weighted by Crippen LogP contribution is 2.17. The molecule has 0 saturated carbocycles. The Kier molecular flexibility index (Phi) is 3.33. The fourth-order valence-corrected chi connectivity index (χ4v) is 0.666. The third kappa shape index (κ3) is 2.23. The first-order chi connectivity index (χ1) is 5.97. The van der Waals surface area contributed by atoms with Crippen molar-refractivity contribution in [3.63, 3.8) is 0 Å². The maximum atomic E-state index is 10.2. The summed E-state index contributed by atoms with van der Waals surface area (Å²) in [5, 5.41) is 36.3. The first-order valence-electron chi connectivity index (χ1n) is 3.44. The molecule has 0 spiro atoms. The van der Waals surface area contributed by atoms with Crippen molar-refractivity contribution in [2.24, 2.45) is 22.9 Å². The minimum atomic E-state index is -3.09. The predicted octanol–water partition coefficient (Wildman–Crippen LogP) is -5.60. The molecule has 12 N–H and O–H groups in total. The highest BCUT2D eigenvalue weighted by Gasteiger charge is 2.55. The molecular weight excluding hydrogens is 196 g/mol. The van der Waals surface area contributed by atoms with Crippen LogP contribution in [0.3, 0.4) is 0 Å². The number of aldehydes is 1. The van der Waals surface area contributed by atoms with Crippen molar-refractivity contribution in [1.82, 2.24) is 0 Å². The Morgan fingerprint density at radius 1 is 1.07 bits per heavy atom. The fourth-order valence-electron chi connectivity index (χ4n) is 0.666. The van der Waals surface area contributed by atoms with Crippen LogP contribution in [-0.4, -0.2) is 50.1 Å². The lowest BCUT2D eigenvalue weighted by atomic mass is 9.93. The van der Waals surface area contributed by atoms with Crippen LogP contribution >= 0.6 is 0 Å². The summed E-state index contributed by atoms with van der Waals surface area (Å²) in [7, 11) is 0. The van der Waals surface area contributed by atoms with E-state index in [-0.39, 0.29) is 6.29 Å². The van der Waals surface area contributed by atoms with Gasteiger partial charge in [0.15, 0.2) is 24.0 Å². The maximum Gasteiger partial charge on any atom is 0.216 e. The van der Waals surface area contributed by atoms with Gasteiger partial charge in [-0.05, 0) is 0 Å². The van der Waals surface area contributed by atoms with Crippen LogP contribution in [0.1, 0.15) is 0 Å². The van der Waals surface area contributed by atoms with E-state index in [0.717, 1.165) is 0 Å². The van der Waals surface area contributed by atoms with Gasteiger partial charge in [0.2, 0.25) is 5.72 Å². The summed E-state index contributed by atoms with van der Waals surface area (Å²) in [5.74, 6) is -2.82. The molecule has 0 aromatic rings. The molecule has 0 fully saturated rings. The van der Waals surface area contributed by atoms with Crippen molar-refractivity contribution in [3.05, 3.63) is 0 Å². The average molecular weight is 210 g/mol. The first kappa shape index (κ1) is 13.4. The van der Waals surface area contributed by atoms with Gasteiger partial charge in [-0.1, -0.05) is 0 Å². The van der Waals surface area contributed by atoms with E-state index in [0.29, 0.717) is 0 Å². The van der Waals surface area contributed by atoms with Gasteiger partial charge < -0.3 is 20.4 Å². The number of hydrogen-bond donors (Lipinski definition) is 8. The third-order valence-corrected chi connectivity index (χ3v) is 1.68. The van der Waals surface area contributed by atoms with Gasteiger partial charge in [0.05, 0.1) is 0 Å². The van der Waals surface area contributed by atoms with Crippen LogP contribution in [0.2, 0.25) is 0 Å². The maximum absolute atomic E-state index is 10.2. The van der Waals surface area contributed by atoms with Crippen molar-refractivity contribution >= 4 is 6.29 Å². The Bertz CT molecular complexity index is 223. The van der Waals surface area contributed by atoms with Gasteiger partial charge in [-0.25, -0.2) is 0 Å². The summed E-state index contributed by atoms with van der Waals surface area (Å²) < 4.78 is 0. The van der Waals surface area contributed by atoms with E-state index < -0.39 is 23.4 Å². The monoisotopic (exact) mass is 210 g/mol. The molecule has 0 bridgehead atoms. The Morgan fingerprint density at radius 3 is 1.64 bits per heavy atom. The molecule has 0 radical (unpaired) electrons. The standard InChI is InChI=1S/C5H14N4O5/c6-3(12,1-10)4(7,13)2(11)5(8,9)14/h1-2,11-14H,6-9H2. The summed E-state index contributed by atoms with van der Waals surface area (Å²) in [6, 6.07) is 0. The highest BCUT2D eigenvalue weighted by atomic mass is 16.4. The fraction of sp³-hybridized carbons (Fsp3) is 0.800. The number of rotatable bonds is 4. The summed E-state index contributed by atoms with van der Waals surface area (Å²) in [6.07, 6.45) is -2.77. The van der Waals surface area contributed by atoms with Crippen LogP contribution < -0.4 is 22.9 Å². The van der Waals surface area contributed by atoms with Gasteiger partial charge in [-0.3, -0.25) is 27.7 Å². The minimum absolute atomic E-state index is 0.331. The lowest BCUT2D eigenvalue weighted by molar-refractivity contribution is -0.231. The molecule has 84 valence electrons. The molecule has 14 heavy (non-hydrogen) atoms. The molecule has 0 aromatic carbocycles. The van der Waals surface area contributed by atoms with Gasteiger partial charge in [0.1, 0.15) is 0 Å². The van der Waals surface area contributed by atoms with Crippen LogP contribution in [0.4, 0.5) is 0 Å². The van der Waals surface area contributed by atoms with E-state index in [1.165, 1.54) is 0 Å². The normalized spacial score (nSPS) is 23.4. The van der Waals surface area contributed by atoms with Crippen molar-refractivity contribution in [3.8, 4) is 0 Å². The lowest BCUT2D eigenvalue weighted by Crippen LogP contribution is -2.79. The molecule has 0 saturated heterocycles. The van der Waals surface area contributed by atoms with E-state index in [9.17, 15) is 9.90 Å². The molecular formula is C5H14N4O5. The Labute approximate surface area is 78.9 Å². The molecule has 9 heteroatoms. The second kappa shape index (κ2) is 3.49. The second-order valence-corrected chi connectivity index (χ2v) is 3.06. The highest BCUT2D eigenvalue weighted by molar-refractivity contribution is 5.63. The molecule has 0 heterocycles. The number of carbonyl (C=O) groups excluding carboxylic acids is 1. The summed E-state index contributed by atoms with van der Waals surface area (Å²) >= 11 is 0. The van der Waals surface area contributed by atoms with E-state index in [1.807, 2.05) is 0 Å². The van der Waals surface area contributed by atoms with Gasteiger partial charge in [0.25, 0.3) is 0 Å². The number of hydrogen-bond acceptors (Lipinski definition) is 9. The van der Waals surface area contributed by atoms with Gasteiger partial charge >= 0.3 is 0 Å². The Hall–Kier alpha value is -0.650. The first-order valence-corrected chi connectivity index (χ1v) is 3.44. The molecule has 0 amide bonds. The molecule has 0 aliphatic rings. The topological polar surface area (TPSA) is 202 Å². The summed E-state index contributed by atoms with van der Waals surface area (Å²) in [6.45, 7) is 0. The zero-order valence-corrected chi connectivity index (χ0v) is 7.16. The average Bonchev–Trinajstić information content (AvgIpc) is 2.01. The number of nitrogens with two attached hydrogens (primary N) is 4. The summed E-state index contributed by atoms with van der Waals surface area (Å²) in [4.78, 5) is 10.2. The molecule has 9 nitrogen and oxygen atoms in total. The molecule has 0 rings (SSSR count). The van der Waals surface area contributed by atoms with Crippen LogP contribution in [0.5, 0.6) is 0 Å². The smallest absolute Gasteiger partial charge is 0.216 e. The molecule has 0 aliphatic carbocycles. The van der Waals surface area contributed by atoms with Gasteiger partial charge in [-0.15, -0.1) is 0 Å². The SMILES string of the molecule is NC(N)(O)C(O)C(N)(O)C(N)(O)C=O. The van der Waals surface area contributed by atoms with Gasteiger partial charge in [-0.2, -0.15) is 0 Å². The largest absolute Gasteiger partial charge is 0.382 e. The molecule has 0 aliphatic heterocycles. The molecule has 3 atom stereocenters. The third-order valence-electron chi connectivity index (χ3n) is 1.68. The zero-order chi connectivity index (χ0) is 11.8. The molecule has 0 aromatic heterocycles. The number of carbonyl (C=O) groups is 1. The van der Waals surface area contributed by atoms with Crippen molar-refractivity contribution < 1.29 is 25.2 Å². The van der Waals surface area contributed by atoms with Crippen LogP contribution in [0.25, 0.3) is 0 Å². The van der Waals surface area contributed by atoms with Crippen LogP contribution in [0.15, 0.2) is 0 Å². The van der Waals surface area contributed by atoms with Crippen molar-refractivity contribution in [2.75, 3.05) is 0 Å². The van der Waals surface area contributed by atoms with E-state index >= 15 is 0 Å². The predicted molar refractivity (Wildman–Crippen MR) is 43.7 cm³/mol. The number of aliphatic hydroxyl groups excluding tert-OH is 1. The number of aliphatic hydroxyl groups is 4. The lowest BCUT2D eigenvalue weighted by Gasteiger charge is -2.40. The van der Waals surface area contributed by atoms with Crippen LogP contribution in [0, 0.1) is 0 Å². The quantitative estimate of drug-likeness (QED) is 0.164.